The number of rotatable bonds is 16. The SMILES string of the molecule is CCOc1ccc(N(CC(=O)N(Cc2ccc(Cl)c(Cl)c2)C(Cc2ccccc2)C(=O)NC2CCCCC2)S(=O)(=O)c2ccc(OC)c(OC)c2)cc1. The summed E-state index contributed by atoms with van der Waals surface area (Å²) in [5.74, 6) is 0.165. The van der Waals surface area contributed by atoms with Crippen LogP contribution in [-0.2, 0) is 32.6 Å². The number of benzene rings is 4. The normalized spacial score (nSPS) is 13.8. The lowest BCUT2D eigenvalue weighted by molar-refractivity contribution is -0.140. The van der Waals surface area contributed by atoms with Crippen LogP contribution in [0.25, 0.3) is 0 Å². The molecule has 1 atom stereocenters. The molecule has 1 aliphatic carbocycles. The van der Waals surface area contributed by atoms with E-state index < -0.39 is 28.5 Å². The van der Waals surface area contributed by atoms with Crippen LogP contribution in [0.3, 0.4) is 0 Å². The fourth-order valence-corrected chi connectivity index (χ4v) is 8.19. The minimum Gasteiger partial charge on any atom is -0.494 e. The molecule has 282 valence electrons. The molecule has 0 bridgehead atoms. The van der Waals surface area contributed by atoms with Gasteiger partial charge in [0.15, 0.2) is 11.5 Å². The maximum atomic E-state index is 14.9. The molecule has 1 saturated carbocycles. The van der Waals surface area contributed by atoms with Crippen LogP contribution in [0.5, 0.6) is 17.2 Å². The van der Waals surface area contributed by atoms with Crippen molar-refractivity contribution in [3.8, 4) is 17.2 Å². The zero-order chi connectivity index (χ0) is 38.0. The number of halogens is 2. The molecule has 1 fully saturated rings. The molecule has 10 nitrogen and oxygen atoms in total. The first kappa shape index (κ1) is 39.8. The van der Waals surface area contributed by atoms with Crippen molar-refractivity contribution in [2.45, 2.75) is 69.0 Å². The molecule has 1 aliphatic rings. The fraction of sp³-hybridized carbons (Fsp3) is 0.350. The number of carbonyl (C=O) groups is 2. The number of ether oxygens (including phenoxy) is 3. The lowest BCUT2D eigenvalue weighted by Crippen LogP contribution is -2.55. The molecule has 1 unspecified atom stereocenters. The number of hydrogen-bond donors (Lipinski definition) is 1. The third-order valence-electron chi connectivity index (χ3n) is 9.22. The Hall–Kier alpha value is -4.45. The highest BCUT2D eigenvalue weighted by molar-refractivity contribution is 7.92. The van der Waals surface area contributed by atoms with Crippen LogP contribution < -0.4 is 23.8 Å². The summed E-state index contributed by atoms with van der Waals surface area (Å²) in [5.41, 5.74) is 1.67. The average Bonchev–Trinajstić information content (AvgIpc) is 3.17. The summed E-state index contributed by atoms with van der Waals surface area (Å²) in [4.78, 5) is 30.6. The van der Waals surface area contributed by atoms with Crippen LogP contribution in [0.1, 0.15) is 50.2 Å². The number of sulfonamides is 1. The fourth-order valence-electron chi connectivity index (χ4n) is 6.44. The van der Waals surface area contributed by atoms with Crippen LogP contribution in [-0.4, -0.2) is 64.6 Å². The Kier molecular flexibility index (Phi) is 13.9. The van der Waals surface area contributed by atoms with Gasteiger partial charge in [-0.2, -0.15) is 0 Å². The highest BCUT2D eigenvalue weighted by Gasteiger charge is 2.36. The molecule has 0 saturated heterocycles. The maximum Gasteiger partial charge on any atom is 0.264 e. The second-order valence-electron chi connectivity index (χ2n) is 12.8. The number of anilines is 1. The van der Waals surface area contributed by atoms with Gasteiger partial charge in [-0.15, -0.1) is 0 Å². The summed E-state index contributed by atoms with van der Waals surface area (Å²) < 4.78 is 46.6. The van der Waals surface area contributed by atoms with Gasteiger partial charge in [-0.1, -0.05) is 78.9 Å². The molecule has 0 spiro atoms. The molecule has 2 amide bonds. The number of hydrogen-bond acceptors (Lipinski definition) is 7. The molecule has 1 N–H and O–H groups in total. The Bertz CT molecular complexity index is 1960. The molecule has 5 rings (SSSR count). The third-order valence-corrected chi connectivity index (χ3v) is 11.7. The van der Waals surface area contributed by atoms with Crippen molar-refractivity contribution in [2.24, 2.45) is 0 Å². The lowest BCUT2D eigenvalue weighted by Gasteiger charge is -2.35. The smallest absolute Gasteiger partial charge is 0.264 e. The van der Waals surface area contributed by atoms with E-state index in [1.165, 1.54) is 37.3 Å². The molecule has 0 radical (unpaired) electrons. The average molecular weight is 783 g/mol. The summed E-state index contributed by atoms with van der Waals surface area (Å²) in [5, 5.41) is 3.84. The predicted molar refractivity (Wildman–Crippen MR) is 208 cm³/mol. The number of nitrogens with one attached hydrogen (secondary N) is 1. The summed E-state index contributed by atoms with van der Waals surface area (Å²) in [7, 11) is -1.54. The van der Waals surface area contributed by atoms with Gasteiger partial charge in [-0.05, 0) is 79.4 Å². The molecule has 0 aromatic heterocycles. The number of carbonyl (C=O) groups excluding carboxylic acids is 2. The first-order chi connectivity index (χ1) is 25.5. The number of methoxy groups -OCH3 is 2. The Morgan fingerprint density at radius 3 is 2.17 bits per heavy atom. The second-order valence-corrected chi connectivity index (χ2v) is 15.5. The van der Waals surface area contributed by atoms with Gasteiger partial charge < -0.3 is 24.4 Å². The van der Waals surface area contributed by atoms with E-state index in [9.17, 15) is 18.0 Å². The quantitative estimate of drug-likeness (QED) is 0.124. The third kappa shape index (κ3) is 10.2. The second kappa shape index (κ2) is 18.5. The van der Waals surface area contributed by atoms with E-state index >= 15 is 0 Å². The highest BCUT2D eigenvalue weighted by atomic mass is 35.5. The van der Waals surface area contributed by atoms with Gasteiger partial charge in [0, 0.05) is 25.1 Å². The standard InChI is InChI=1S/C40H45Cl2N3O7S/c1-4-52-32-18-16-31(17-19-32)45(53(48,49)33-20-22-37(50-2)38(25-33)51-3)27-39(46)44(26-29-15-21-34(41)35(42)23-29)36(24-28-11-7-5-8-12-28)40(47)43-30-13-9-6-10-14-30/h5,7-8,11-12,15-23,25,30,36H,4,6,9-10,13-14,24,26-27H2,1-3H3,(H,43,47). The Balaban J connectivity index is 1.60. The van der Waals surface area contributed by atoms with Crippen LogP contribution in [0.2, 0.25) is 10.0 Å². The Morgan fingerprint density at radius 1 is 0.830 bits per heavy atom. The molecule has 53 heavy (non-hydrogen) atoms. The molecule has 0 aliphatic heterocycles. The predicted octanol–water partition coefficient (Wildman–Crippen LogP) is 7.69. The van der Waals surface area contributed by atoms with E-state index in [2.05, 4.69) is 5.32 Å². The number of nitrogens with zero attached hydrogens (tertiary/aromatic N) is 2. The maximum absolute atomic E-state index is 14.9. The first-order valence-corrected chi connectivity index (χ1v) is 19.8. The summed E-state index contributed by atoms with van der Waals surface area (Å²) in [6.45, 7) is 1.59. The highest BCUT2D eigenvalue weighted by Crippen LogP contribution is 2.33. The van der Waals surface area contributed by atoms with Crippen molar-refractivity contribution >= 4 is 50.7 Å². The van der Waals surface area contributed by atoms with Crippen LogP contribution in [0.4, 0.5) is 5.69 Å². The zero-order valence-electron chi connectivity index (χ0n) is 30.1. The Morgan fingerprint density at radius 2 is 1.53 bits per heavy atom. The van der Waals surface area contributed by atoms with E-state index in [-0.39, 0.29) is 46.3 Å². The van der Waals surface area contributed by atoms with Crippen molar-refractivity contribution in [3.63, 3.8) is 0 Å². The van der Waals surface area contributed by atoms with E-state index in [1.54, 1.807) is 42.5 Å². The van der Waals surface area contributed by atoms with Gasteiger partial charge >= 0.3 is 0 Å². The van der Waals surface area contributed by atoms with E-state index in [0.717, 1.165) is 42.0 Å². The van der Waals surface area contributed by atoms with Gasteiger partial charge in [0.1, 0.15) is 18.3 Å². The van der Waals surface area contributed by atoms with Crippen molar-refractivity contribution < 1.29 is 32.2 Å². The van der Waals surface area contributed by atoms with Gasteiger partial charge in [0.25, 0.3) is 10.0 Å². The molecule has 4 aromatic rings. The molecular formula is C40H45Cl2N3O7S. The molecule has 13 heteroatoms. The Labute approximate surface area is 322 Å². The van der Waals surface area contributed by atoms with Crippen LogP contribution >= 0.6 is 23.2 Å². The topological polar surface area (TPSA) is 114 Å². The van der Waals surface area contributed by atoms with Crippen molar-refractivity contribution in [3.05, 3.63) is 112 Å². The molecular weight excluding hydrogens is 737 g/mol. The van der Waals surface area contributed by atoms with Crippen LogP contribution in [0, 0.1) is 0 Å². The van der Waals surface area contributed by atoms with Gasteiger partial charge in [0.05, 0.1) is 41.5 Å². The van der Waals surface area contributed by atoms with Gasteiger partial charge in [-0.3, -0.25) is 13.9 Å². The van der Waals surface area contributed by atoms with Crippen molar-refractivity contribution in [1.29, 1.82) is 0 Å². The first-order valence-electron chi connectivity index (χ1n) is 17.6. The van der Waals surface area contributed by atoms with E-state index in [1.807, 2.05) is 37.3 Å². The van der Waals surface area contributed by atoms with E-state index in [4.69, 9.17) is 37.4 Å². The van der Waals surface area contributed by atoms with Crippen molar-refractivity contribution in [1.82, 2.24) is 10.2 Å². The number of amides is 2. The molecule has 4 aromatic carbocycles. The van der Waals surface area contributed by atoms with Gasteiger partial charge in [0.2, 0.25) is 11.8 Å². The molecule has 0 heterocycles. The van der Waals surface area contributed by atoms with Crippen LogP contribution in [0.15, 0.2) is 95.9 Å². The van der Waals surface area contributed by atoms with Gasteiger partial charge in [-0.25, -0.2) is 8.42 Å². The minimum absolute atomic E-state index is 0.0257. The minimum atomic E-state index is -4.41. The zero-order valence-corrected chi connectivity index (χ0v) is 32.4. The lowest BCUT2D eigenvalue weighted by atomic mass is 9.94. The van der Waals surface area contributed by atoms with E-state index in [0.29, 0.717) is 28.7 Å². The summed E-state index contributed by atoms with van der Waals surface area (Å²) in [6.07, 6.45) is 5.01. The van der Waals surface area contributed by atoms with Crippen molar-refractivity contribution in [2.75, 3.05) is 31.7 Å². The summed E-state index contributed by atoms with van der Waals surface area (Å²) in [6, 6.07) is 24.1. The summed E-state index contributed by atoms with van der Waals surface area (Å²) >= 11 is 12.7. The monoisotopic (exact) mass is 781 g/mol. The largest absolute Gasteiger partial charge is 0.494 e.